The lowest BCUT2D eigenvalue weighted by Gasteiger charge is -2.13. The molecular weight excluding hydrogens is 520 g/mol. The van der Waals surface area contributed by atoms with Gasteiger partial charge in [0.05, 0.1) is 37.3 Å². The fourth-order valence-electron chi connectivity index (χ4n) is 4.48. The van der Waals surface area contributed by atoms with E-state index in [9.17, 15) is 9.59 Å². The number of benzene rings is 2. The summed E-state index contributed by atoms with van der Waals surface area (Å²) in [4.78, 5) is 33.3. The number of nitrogens with zero attached hydrogens (tertiary/aromatic N) is 3. The zero-order valence-corrected chi connectivity index (χ0v) is 23.1. The molecule has 0 fully saturated rings. The van der Waals surface area contributed by atoms with Gasteiger partial charge in [0.15, 0.2) is 16.7 Å². The number of carbonyl (C=O) groups excluding carboxylic acids is 1. The van der Waals surface area contributed by atoms with E-state index in [1.54, 1.807) is 42.3 Å². The molecule has 0 bridgehead atoms. The highest BCUT2D eigenvalue weighted by molar-refractivity contribution is 7.99. The zero-order chi connectivity index (χ0) is 26.6. The molecule has 1 aliphatic rings. The summed E-state index contributed by atoms with van der Waals surface area (Å²) in [7, 11) is 3.13. The number of fused-ring (bicyclic) bond motifs is 3. The van der Waals surface area contributed by atoms with Gasteiger partial charge in [-0.1, -0.05) is 29.5 Å². The summed E-state index contributed by atoms with van der Waals surface area (Å²) >= 11 is 2.83. The van der Waals surface area contributed by atoms with Gasteiger partial charge in [-0.15, -0.1) is 11.3 Å². The number of ether oxygens (including phenoxy) is 2. The van der Waals surface area contributed by atoms with E-state index in [1.165, 1.54) is 22.9 Å². The van der Waals surface area contributed by atoms with E-state index in [0.29, 0.717) is 16.7 Å². The molecule has 38 heavy (non-hydrogen) atoms. The molecule has 2 aromatic carbocycles. The number of hydrogen-bond donors (Lipinski definition) is 1. The number of aryl methyl sites for hydroxylation is 3. The van der Waals surface area contributed by atoms with Gasteiger partial charge in [-0.05, 0) is 74.1 Å². The lowest BCUT2D eigenvalue weighted by atomic mass is 9.97. The van der Waals surface area contributed by atoms with E-state index in [4.69, 9.17) is 14.5 Å². The number of rotatable bonds is 8. The van der Waals surface area contributed by atoms with E-state index >= 15 is 0 Å². The third kappa shape index (κ3) is 5.32. The highest BCUT2D eigenvalue weighted by atomic mass is 32.2. The monoisotopic (exact) mass is 548 g/mol. The second-order valence-electron chi connectivity index (χ2n) is 8.96. The van der Waals surface area contributed by atoms with Gasteiger partial charge >= 0.3 is 0 Å². The number of hydrogen-bond acceptors (Lipinski definition) is 8. The summed E-state index contributed by atoms with van der Waals surface area (Å²) in [5, 5.41) is 5.28. The summed E-state index contributed by atoms with van der Waals surface area (Å²) in [5.74, 6) is 0.935. The first kappa shape index (κ1) is 26.0. The van der Waals surface area contributed by atoms with Crippen LogP contribution in [0.5, 0.6) is 11.5 Å². The third-order valence-corrected chi connectivity index (χ3v) is 8.52. The smallest absolute Gasteiger partial charge is 0.267 e. The minimum Gasteiger partial charge on any atom is -0.493 e. The Balaban J connectivity index is 1.38. The lowest BCUT2D eigenvalue weighted by molar-refractivity contribution is -0.118. The molecular formula is C28H28N4O4S2. The fourth-order valence-corrected chi connectivity index (χ4v) is 6.59. The van der Waals surface area contributed by atoms with Crippen molar-refractivity contribution in [2.45, 2.75) is 37.8 Å². The largest absolute Gasteiger partial charge is 0.493 e. The SMILES string of the molecule is COc1ccc(/C=N/NC(=O)CSc2nc3sc4c(c3c(=O)n2-c2ccc(C)cc2)CCCC4)cc1OC. The van der Waals surface area contributed by atoms with Gasteiger partial charge in [-0.25, -0.2) is 10.4 Å². The molecule has 2 aromatic heterocycles. The molecule has 8 nitrogen and oxygen atoms in total. The number of carbonyl (C=O) groups is 1. The number of nitrogens with one attached hydrogen (secondary N) is 1. The Bertz CT molecular complexity index is 1570. The molecule has 0 radical (unpaired) electrons. The highest BCUT2D eigenvalue weighted by Crippen LogP contribution is 2.35. The van der Waals surface area contributed by atoms with Crippen LogP contribution in [0.3, 0.4) is 0 Å². The molecule has 1 N–H and O–H groups in total. The normalized spacial score (nSPS) is 13.0. The molecule has 0 atom stereocenters. The first-order valence-corrected chi connectivity index (χ1v) is 14.1. The van der Waals surface area contributed by atoms with Crippen LogP contribution in [0.1, 0.15) is 34.4 Å². The Morgan fingerprint density at radius 2 is 1.89 bits per heavy atom. The molecule has 0 unspecified atom stereocenters. The van der Waals surface area contributed by atoms with Crippen molar-refractivity contribution in [3.8, 4) is 17.2 Å². The van der Waals surface area contributed by atoms with Crippen molar-refractivity contribution in [3.63, 3.8) is 0 Å². The number of methoxy groups -OCH3 is 2. The molecule has 0 spiro atoms. The topological polar surface area (TPSA) is 94.8 Å². The summed E-state index contributed by atoms with van der Waals surface area (Å²) in [6, 6.07) is 13.1. The number of aromatic nitrogens is 2. The Morgan fingerprint density at radius 3 is 2.66 bits per heavy atom. The van der Waals surface area contributed by atoms with E-state index in [-0.39, 0.29) is 17.2 Å². The lowest BCUT2D eigenvalue weighted by Crippen LogP contribution is -2.24. The van der Waals surface area contributed by atoms with Gasteiger partial charge in [-0.2, -0.15) is 5.10 Å². The molecule has 0 saturated carbocycles. The molecule has 10 heteroatoms. The summed E-state index contributed by atoms with van der Waals surface area (Å²) < 4.78 is 12.2. The van der Waals surface area contributed by atoms with Crippen LogP contribution < -0.4 is 20.5 Å². The van der Waals surface area contributed by atoms with Crippen LogP contribution in [0, 0.1) is 6.92 Å². The predicted molar refractivity (Wildman–Crippen MR) is 153 cm³/mol. The Hall–Kier alpha value is -3.63. The maximum absolute atomic E-state index is 13.8. The highest BCUT2D eigenvalue weighted by Gasteiger charge is 2.23. The number of hydrazone groups is 1. The summed E-state index contributed by atoms with van der Waals surface area (Å²) in [5.41, 5.74) is 6.21. The predicted octanol–water partition coefficient (Wildman–Crippen LogP) is 4.89. The molecule has 0 saturated heterocycles. The molecule has 0 aliphatic heterocycles. The molecule has 196 valence electrons. The second kappa shape index (κ2) is 11.4. The first-order chi connectivity index (χ1) is 18.5. The Morgan fingerprint density at radius 1 is 1.13 bits per heavy atom. The summed E-state index contributed by atoms with van der Waals surface area (Å²) in [6.07, 6.45) is 5.66. The van der Waals surface area contributed by atoms with Crippen molar-refractivity contribution in [2.24, 2.45) is 5.10 Å². The minimum absolute atomic E-state index is 0.0537. The second-order valence-corrected chi connectivity index (χ2v) is 11.0. The van der Waals surface area contributed by atoms with Crippen molar-refractivity contribution in [3.05, 3.63) is 74.4 Å². The standard InChI is InChI=1S/C28H28N4O4S2/c1-17-8-11-19(12-9-17)32-27(34)25-20-6-4-5-7-23(20)38-26(25)30-28(32)37-16-24(33)31-29-15-18-10-13-21(35-2)22(14-18)36-3/h8-15H,4-7,16H2,1-3H3,(H,31,33)/b29-15+. The number of thioether (sulfide) groups is 1. The van der Waals surface area contributed by atoms with Gasteiger partial charge in [0.1, 0.15) is 4.83 Å². The van der Waals surface area contributed by atoms with Gasteiger partial charge in [0, 0.05) is 4.88 Å². The quantitative estimate of drug-likeness (QED) is 0.146. The van der Waals surface area contributed by atoms with Crippen LogP contribution in [-0.4, -0.2) is 41.6 Å². The van der Waals surface area contributed by atoms with E-state index in [0.717, 1.165) is 58.3 Å². The van der Waals surface area contributed by atoms with Crippen molar-refractivity contribution >= 4 is 45.4 Å². The fraction of sp³-hybridized carbons (Fsp3) is 0.286. The van der Waals surface area contributed by atoms with Gasteiger partial charge in [0.25, 0.3) is 11.5 Å². The zero-order valence-electron chi connectivity index (χ0n) is 21.4. The van der Waals surface area contributed by atoms with E-state index in [1.807, 2.05) is 37.3 Å². The Kier molecular flexibility index (Phi) is 7.80. The van der Waals surface area contributed by atoms with Gasteiger partial charge < -0.3 is 9.47 Å². The van der Waals surface area contributed by atoms with Crippen LogP contribution in [0.25, 0.3) is 15.9 Å². The van der Waals surface area contributed by atoms with Crippen molar-refractivity contribution in [1.82, 2.24) is 15.0 Å². The average molecular weight is 549 g/mol. The molecule has 1 amide bonds. The number of thiophene rings is 1. The van der Waals surface area contributed by atoms with E-state index in [2.05, 4.69) is 10.5 Å². The van der Waals surface area contributed by atoms with Crippen LogP contribution in [-0.2, 0) is 17.6 Å². The summed E-state index contributed by atoms with van der Waals surface area (Å²) in [6.45, 7) is 2.01. The Labute approximate surface area is 228 Å². The molecule has 2 heterocycles. The molecule has 1 aliphatic carbocycles. The maximum atomic E-state index is 13.8. The first-order valence-electron chi connectivity index (χ1n) is 12.3. The van der Waals surface area contributed by atoms with Crippen LogP contribution >= 0.6 is 23.1 Å². The van der Waals surface area contributed by atoms with Crippen LogP contribution in [0.4, 0.5) is 0 Å². The van der Waals surface area contributed by atoms with Crippen LogP contribution in [0.2, 0.25) is 0 Å². The maximum Gasteiger partial charge on any atom is 0.267 e. The van der Waals surface area contributed by atoms with Crippen molar-refractivity contribution in [1.29, 1.82) is 0 Å². The van der Waals surface area contributed by atoms with Crippen LogP contribution in [0.15, 0.2) is 57.5 Å². The average Bonchev–Trinajstić information content (AvgIpc) is 3.31. The molecule has 4 aromatic rings. The van der Waals surface area contributed by atoms with Gasteiger partial charge in [-0.3, -0.25) is 14.2 Å². The number of amides is 1. The van der Waals surface area contributed by atoms with E-state index < -0.39 is 0 Å². The minimum atomic E-state index is -0.304. The van der Waals surface area contributed by atoms with Crippen molar-refractivity contribution < 1.29 is 14.3 Å². The molecule has 5 rings (SSSR count). The van der Waals surface area contributed by atoms with Gasteiger partial charge in [0.2, 0.25) is 0 Å². The third-order valence-electron chi connectivity index (χ3n) is 6.39. The van der Waals surface area contributed by atoms with Crippen molar-refractivity contribution in [2.75, 3.05) is 20.0 Å².